The summed E-state index contributed by atoms with van der Waals surface area (Å²) in [6.45, 7) is 0. The van der Waals surface area contributed by atoms with Gasteiger partial charge in [-0.25, -0.2) is 4.98 Å². The minimum Gasteiger partial charge on any atom is -0.397 e. The first-order chi connectivity index (χ1) is 7.70. The fraction of sp³-hybridized carbons (Fsp3) is 0.111. The molecule has 0 aliphatic carbocycles. The topological polar surface area (TPSA) is 93.4 Å². The van der Waals surface area contributed by atoms with Gasteiger partial charge in [-0.05, 0) is 17.8 Å². The number of nitrogens with zero attached hydrogens (tertiary/aromatic N) is 5. The number of nitrogens with two attached hydrogens (primary N) is 1. The standard InChI is InChI=1S/C9H8N6S/c1-15-5-13-14-9(15)16-8-6(3-10)2-7(11)4-12-8/h2,4-5H,11H2,1H3. The lowest BCUT2D eigenvalue weighted by molar-refractivity contribution is 0.787. The SMILES string of the molecule is Cn1cnnc1Sc1ncc(N)cc1C#N. The van der Waals surface area contributed by atoms with Crippen LogP contribution in [0.25, 0.3) is 0 Å². The molecule has 2 aromatic heterocycles. The molecular formula is C9H8N6S. The molecule has 2 heterocycles. The van der Waals surface area contributed by atoms with E-state index in [9.17, 15) is 0 Å². The molecule has 7 heteroatoms. The van der Waals surface area contributed by atoms with E-state index >= 15 is 0 Å². The second-order valence-electron chi connectivity index (χ2n) is 3.06. The summed E-state index contributed by atoms with van der Waals surface area (Å²) >= 11 is 1.28. The zero-order chi connectivity index (χ0) is 11.5. The van der Waals surface area contributed by atoms with Crippen LogP contribution in [-0.2, 0) is 7.05 Å². The third-order valence-electron chi connectivity index (χ3n) is 1.85. The van der Waals surface area contributed by atoms with E-state index < -0.39 is 0 Å². The second-order valence-corrected chi connectivity index (χ2v) is 4.02. The lowest BCUT2D eigenvalue weighted by Gasteiger charge is -2.02. The Bertz CT molecular complexity index is 555. The Kier molecular flexibility index (Phi) is 2.74. The minimum atomic E-state index is 0.438. The number of anilines is 1. The Labute approximate surface area is 96.1 Å². The Morgan fingerprint density at radius 3 is 3.00 bits per heavy atom. The van der Waals surface area contributed by atoms with Gasteiger partial charge >= 0.3 is 0 Å². The van der Waals surface area contributed by atoms with Gasteiger partial charge in [-0.15, -0.1) is 10.2 Å². The van der Waals surface area contributed by atoms with Crippen LogP contribution < -0.4 is 5.73 Å². The summed E-state index contributed by atoms with van der Waals surface area (Å²) in [6.07, 6.45) is 3.10. The van der Waals surface area contributed by atoms with Gasteiger partial charge in [0.2, 0.25) is 0 Å². The summed E-state index contributed by atoms with van der Waals surface area (Å²) in [7, 11) is 1.83. The Hall–Kier alpha value is -2.07. The third-order valence-corrected chi connectivity index (χ3v) is 2.92. The molecule has 0 aliphatic rings. The highest BCUT2D eigenvalue weighted by Crippen LogP contribution is 2.26. The first-order valence-corrected chi connectivity index (χ1v) is 5.20. The van der Waals surface area contributed by atoms with Crippen molar-refractivity contribution < 1.29 is 0 Å². The van der Waals surface area contributed by atoms with Gasteiger partial charge in [-0.3, -0.25) is 0 Å². The first kappa shape index (κ1) is 10.4. The zero-order valence-corrected chi connectivity index (χ0v) is 9.27. The van der Waals surface area contributed by atoms with E-state index in [4.69, 9.17) is 11.0 Å². The molecule has 80 valence electrons. The maximum absolute atomic E-state index is 8.94. The van der Waals surface area contributed by atoms with E-state index in [2.05, 4.69) is 15.2 Å². The van der Waals surface area contributed by atoms with Crippen LogP contribution in [-0.4, -0.2) is 19.7 Å². The van der Waals surface area contributed by atoms with Gasteiger partial charge in [0, 0.05) is 7.05 Å². The molecule has 0 saturated heterocycles. The fourth-order valence-corrected chi connectivity index (χ4v) is 1.85. The number of aromatic nitrogens is 4. The Morgan fingerprint density at radius 2 is 2.38 bits per heavy atom. The Balaban J connectivity index is 2.36. The van der Waals surface area contributed by atoms with Gasteiger partial charge in [0.1, 0.15) is 17.4 Å². The van der Waals surface area contributed by atoms with Crippen molar-refractivity contribution in [3.63, 3.8) is 0 Å². The van der Waals surface area contributed by atoms with E-state index in [-0.39, 0.29) is 0 Å². The average Bonchev–Trinajstić information content (AvgIpc) is 2.67. The summed E-state index contributed by atoms with van der Waals surface area (Å²) in [4.78, 5) is 4.10. The average molecular weight is 232 g/mol. The van der Waals surface area contributed by atoms with Crippen molar-refractivity contribution in [1.82, 2.24) is 19.7 Å². The van der Waals surface area contributed by atoms with Gasteiger partial charge in [0.05, 0.1) is 17.4 Å². The number of hydrogen-bond acceptors (Lipinski definition) is 6. The normalized spacial score (nSPS) is 10.0. The molecule has 6 nitrogen and oxygen atoms in total. The van der Waals surface area contributed by atoms with E-state index in [1.807, 2.05) is 13.1 Å². The maximum Gasteiger partial charge on any atom is 0.197 e. The van der Waals surface area contributed by atoms with Gasteiger partial charge < -0.3 is 10.3 Å². The monoisotopic (exact) mass is 232 g/mol. The van der Waals surface area contributed by atoms with E-state index in [0.717, 1.165) is 0 Å². The summed E-state index contributed by atoms with van der Waals surface area (Å²) < 4.78 is 1.75. The molecule has 0 spiro atoms. The fourth-order valence-electron chi connectivity index (χ4n) is 1.08. The van der Waals surface area contributed by atoms with Crippen molar-refractivity contribution in [3.05, 3.63) is 24.2 Å². The smallest absolute Gasteiger partial charge is 0.197 e. The van der Waals surface area contributed by atoms with Crippen LogP contribution >= 0.6 is 11.8 Å². The minimum absolute atomic E-state index is 0.438. The molecule has 0 aliphatic heterocycles. The summed E-state index contributed by atoms with van der Waals surface area (Å²) in [5, 5.41) is 17.8. The third kappa shape index (κ3) is 1.97. The first-order valence-electron chi connectivity index (χ1n) is 4.38. The Morgan fingerprint density at radius 1 is 1.56 bits per heavy atom. The molecule has 2 N–H and O–H groups in total. The van der Waals surface area contributed by atoms with Crippen LogP contribution in [0.5, 0.6) is 0 Å². The lowest BCUT2D eigenvalue weighted by Crippen LogP contribution is -1.94. The molecule has 0 radical (unpaired) electrons. The summed E-state index contributed by atoms with van der Waals surface area (Å²) in [5.41, 5.74) is 6.46. The molecule has 0 unspecified atom stereocenters. The molecule has 2 rings (SSSR count). The van der Waals surface area contributed by atoms with Crippen molar-refractivity contribution in [2.75, 3.05) is 5.73 Å². The number of aryl methyl sites for hydroxylation is 1. The van der Waals surface area contributed by atoms with Crippen molar-refractivity contribution in [3.8, 4) is 6.07 Å². The van der Waals surface area contributed by atoms with Gasteiger partial charge in [-0.2, -0.15) is 5.26 Å². The largest absolute Gasteiger partial charge is 0.397 e. The number of nitrogen functional groups attached to an aromatic ring is 1. The maximum atomic E-state index is 8.94. The molecule has 2 aromatic rings. The van der Waals surface area contributed by atoms with Crippen LogP contribution in [0.3, 0.4) is 0 Å². The van der Waals surface area contributed by atoms with Crippen molar-refractivity contribution in [2.45, 2.75) is 10.2 Å². The molecule has 0 fully saturated rings. The van der Waals surface area contributed by atoms with Crippen LogP contribution in [0, 0.1) is 11.3 Å². The van der Waals surface area contributed by atoms with Crippen molar-refractivity contribution >= 4 is 17.4 Å². The van der Waals surface area contributed by atoms with Crippen molar-refractivity contribution in [1.29, 1.82) is 5.26 Å². The number of nitriles is 1. The predicted molar refractivity (Wildman–Crippen MR) is 58.5 cm³/mol. The molecule has 0 aromatic carbocycles. The summed E-state index contributed by atoms with van der Waals surface area (Å²) in [6, 6.07) is 3.64. The van der Waals surface area contributed by atoms with E-state index in [0.29, 0.717) is 21.4 Å². The van der Waals surface area contributed by atoms with Crippen LogP contribution in [0.4, 0.5) is 5.69 Å². The molecular weight excluding hydrogens is 224 g/mol. The van der Waals surface area contributed by atoms with Gasteiger partial charge in [0.15, 0.2) is 5.16 Å². The second kappa shape index (κ2) is 4.20. The van der Waals surface area contributed by atoms with E-state index in [1.165, 1.54) is 18.0 Å². The van der Waals surface area contributed by atoms with Crippen LogP contribution in [0.1, 0.15) is 5.56 Å². The van der Waals surface area contributed by atoms with Crippen LogP contribution in [0.15, 0.2) is 28.8 Å². The molecule has 0 bridgehead atoms. The van der Waals surface area contributed by atoms with Gasteiger partial charge in [-0.1, -0.05) is 0 Å². The van der Waals surface area contributed by atoms with E-state index in [1.54, 1.807) is 17.0 Å². The molecule has 0 amide bonds. The highest BCUT2D eigenvalue weighted by Gasteiger charge is 2.09. The highest BCUT2D eigenvalue weighted by atomic mass is 32.2. The van der Waals surface area contributed by atoms with Gasteiger partial charge in [0.25, 0.3) is 0 Å². The molecule has 0 atom stereocenters. The number of pyridine rings is 1. The number of rotatable bonds is 2. The molecule has 16 heavy (non-hydrogen) atoms. The number of hydrogen-bond donors (Lipinski definition) is 1. The quantitative estimate of drug-likeness (QED) is 0.823. The van der Waals surface area contributed by atoms with Crippen molar-refractivity contribution in [2.24, 2.45) is 7.05 Å². The van der Waals surface area contributed by atoms with Crippen LogP contribution in [0.2, 0.25) is 0 Å². The molecule has 0 saturated carbocycles. The zero-order valence-electron chi connectivity index (χ0n) is 8.45. The predicted octanol–water partition coefficient (Wildman–Crippen LogP) is 0.815. The summed E-state index contributed by atoms with van der Waals surface area (Å²) in [5.74, 6) is 0. The lowest BCUT2D eigenvalue weighted by atomic mass is 10.3. The highest BCUT2D eigenvalue weighted by molar-refractivity contribution is 7.99.